The van der Waals surface area contributed by atoms with Crippen molar-refractivity contribution in [3.05, 3.63) is 71.7 Å². The fourth-order valence-electron chi connectivity index (χ4n) is 4.17. The topological polar surface area (TPSA) is 50.3 Å². The molecule has 132 valence electrons. The van der Waals surface area contributed by atoms with E-state index in [2.05, 4.69) is 18.8 Å². The zero-order valence-corrected chi connectivity index (χ0v) is 15.1. The van der Waals surface area contributed by atoms with E-state index in [-0.39, 0.29) is 23.0 Å². The zero-order valence-electron chi connectivity index (χ0n) is 15.1. The van der Waals surface area contributed by atoms with Crippen LogP contribution in [-0.2, 0) is 9.59 Å². The predicted octanol–water partition coefficient (Wildman–Crippen LogP) is 4.25. The van der Waals surface area contributed by atoms with Crippen molar-refractivity contribution < 1.29 is 9.59 Å². The number of amides is 1. The molecule has 2 aromatic rings. The number of para-hydroxylation sites is 1. The first-order chi connectivity index (χ1) is 12.5. The van der Waals surface area contributed by atoms with E-state index in [9.17, 15) is 9.59 Å². The fraction of sp³-hybridized carbons (Fsp3) is 0.318. The number of allylic oxidation sites excluding steroid dienone is 2. The first-order valence-electron chi connectivity index (χ1n) is 9.00. The average molecular weight is 346 g/mol. The highest BCUT2D eigenvalue weighted by molar-refractivity contribution is 6.07. The van der Waals surface area contributed by atoms with E-state index in [0.29, 0.717) is 12.8 Å². The van der Waals surface area contributed by atoms with Crippen molar-refractivity contribution in [2.45, 2.75) is 39.0 Å². The summed E-state index contributed by atoms with van der Waals surface area (Å²) in [4.78, 5) is 32.1. The maximum absolute atomic E-state index is 13.1. The van der Waals surface area contributed by atoms with Crippen LogP contribution in [0.3, 0.4) is 0 Å². The third-order valence-corrected chi connectivity index (χ3v) is 5.27. The number of benzene rings is 1. The molecule has 0 fully saturated rings. The average Bonchev–Trinajstić information content (AvgIpc) is 2.61. The highest BCUT2D eigenvalue weighted by Crippen LogP contribution is 2.47. The van der Waals surface area contributed by atoms with Crippen molar-refractivity contribution in [2.24, 2.45) is 5.41 Å². The highest BCUT2D eigenvalue weighted by atomic mass is 16.2. The molecule has 4 nitrogen and oxygen atoms in total. The Hall–Kier alpha value is -2.75. The van der Waals surface area contributed by atoms with Crippen molar-refractivity contribution >= 4 is 17.4 Å². The molecule has 0 saturated carbocycles. The van der Waals surface area contributed by atoms with Gasteiger partial charge in [0.15, 0.2) is 5.78 Å². The van der Waals surface area contributed by atoms with E-state index >= 15 is 0 Å². The van der Waals surface area contributed by atoms with Gasteiger partial charge in [0.25, 0.3) is 0 Å². The fourth-order valence-corrected chi connectivity index (χ4v) is 4.17. The zero-order chi connectivity index (χ0) is 18.3. The molecule has 4 rings (SSSR count). The Morgan fingerprint density at radius 2 is 1.69 bits per heavy atom. The third kappa shape index (κ3) is 2.85. The number of carbonyl (C=O) groups is 2. The molecule has 0 saturated heterocycles. The lowest BCUT2D eigenvalue weighted by atomic mass is 9.69. The van der Waals surface area contributed by atoms with E-state index in [0.717, 1.165) is 28.9 Å². The second-order valence-corrected chi connectivity index (χ2v) is 7.90. The Morgan fingerprint density at radius 3 is 2.38 bits per heavy atom. The summed E-state index contributed by atoms with van der Waals surface area (Å²) in [6.45, 7) is 4.19. The molecule has 1 aliphatic heterocycles. The van der Waals surface area contributed by atoms with Crippen LogP contribution < -0.4 is 4.90 Å². The summed E-state index contributed by atoms with van der Waals surface area (Å²) in [7, 11) is 0. The molecule has 0 N–H and O–H groups in total. The van der Waals surface area contributed by atoms with Crippen molar-refractivity contribution in [3.63, 3.8) is 0 Å². The van der Waals surface area contributed by atoms with E-state index < -0.39 is 0 Å². The predicted molar refractivity (Wildman–Crippen MR) is 101 cm³/mol. The SMILES string of the molecule is CC1(C)CC(=O)C2=C(C1)N(c1ccccc1)C(=O)CC2c1ccncc1. The second kappa shape index (κ2) is 6.20. The summed E-state index contributed by atoms with van der Waals surface area (Å²) < 4.78 is 0. The summed E-state index contributed by atoms with van der Waals surface area (Å²) in [6.07, 6.45) is 4.99. The molecule has 1 aliphatic carbocycles. The molecule has 0 spiro atoms. The van der Waals surface area contributed by atoms with Gasteiger partial charge in [-0.2, -0.15) is 0 Å². The third-order valence-electron chi connectivity index (χ3n) is 5.27. The maximum atomic E-state index is 13.1. The van der Waals surface area contributed by atoms with Gasteiger partial charge in [0, 0.05) is 48.1 Å². The van der Waals surface area contributed by atoms with Gasteiger partial charge in [-0.05, 0) is 41.7 Å². The van der Waals surface area contributed by atoms with Gasteiger partial charge in [-0.15, -0.1) is 0 Å². The smallest absolute Gasteiger partial charge is 0.232 e. The normalized spacial score (nSPS) is 22.4. The quantitative estimate of drug-likeness (QED) is 0.817. The van der Waals surface area contributed by atoms with Gasteiger partial charge in [0.1, 0.15) is 0 Å². The number of ketones is 1. The Kier molecular flexibility index (Phi) is 3.98. The summed E-state index contributed by atoms with van der Waals surface area (Å²) in [6, 6.07) is 13.5. The van der Waals surface area contributed by atoms with Crippen LogP contribution in [0, 0.1) is 5.41 Å². The minimum atomic E-state index is -0.177. The molecule has 4 heteroatoms. The Morgan fingerprint density at radius 1 is 1.00 bits per heavy atom. The van der Waals surface area contributed by atoms with Crippen LogP contribution in [0.4, 0.5) is 5.69 Å². The molecule has 1 atom stereocenters. The van der Waals surface area contributed by atoms with Gasteiger partial charge in [-0.1, -0.05) is 32.0 Å². The number of hydrogen-bond acceptors (Lipinski definition) is 3. The summed E-state index contributed by atoms with van der Waals surface area (Å²) in [5.74, 6) is 0.0258. The van der Waals surface area contributed by atoms with E-state index in [1.165, 1.54) is 0 Å². The van der Waals surface area contributed by atoms with Crippen molar-refractivity contribution in [2.75, 3.05) is 4.90 Å². The summed E-state index contributed by atoms with van der Waals surface area (Å²) >= 11 is 0. The van der Waals surface area contributed by atoms with Crippen LogP contribution in [0.15, 0.2) is 66.1 Å². The monoisotopic (exact) mass is 346 g/mol. The summed E-state index contributed by atoms with van der Waals surface area (Å²) in [5.41, 5.74) is 3.35. The molecule has 26 heavy (non-hydrogen) atoms. The molecule has 0 bridgehead atoms. The highest BCUT2D eigenvalue weighted by Gasteiger charge is 2.44. The van der Waals surface area contributed by atoms with Gasteiger partial charge in [0.2, 0.25) is 5.91 Å². The molecular formula is C22H22N2O2. The van der Waals surface area contributed by atoms with Gasteiger partial charge >= 0.3 is 0 Å². The summed E-state index contributed by atoms with van der Waals surface area (Å²) in [5, 5.41) is 0. The van der Waals surface area contributed by atoms with Crippen LogP contribution in [0.1, 0.15) is 44.6 Å². The number of anilines is 1. The molecule has 0 radical (unpaired) electrons. The number of aromatic nitrogens is 1. The minimum Gasteiger partial charge on any atom is -0.294 e. The van der Waals surface area contributed by atoms with Crippen LogP contribution in [-0.4, -0.2) is 16.7 Å². The number of hydrogen-bond donors (Lipinski definition) is 0. The van der Waals surface area contributed by atoms with Crippen molar-refractivity contribution in [1.82, 2.24) is 4.98 Å². The van der Waals surface area contributed by atoms with Crippen LogP contribution >= 0.6 is 0 Å². The van der Waals surface area contributed by atoms with E-state index in [1.807, 2.05) is 42.5 Å². The molecule has 1 aromatic heterocycles. The lowest BCUT2D eigenvalue weighted by Crippen LogP contribution is -2.43. The lowest BCUT2D eigenvalue weighted by Gasteiger charge is -2.42. The standard InChI is InChI=1S/C22H22N2O2/c1-22(2)13-18-21(19(25)14-22)17(15-8-10-23-11-9-15)12-20(26)24(18)16-6-4-3-5-7-16/h3-11,17H,12-14H2,1-2H3. The molecule has 2 aliphatic rings. The molecule has 1 aromatic carbocycles. The van der Waals surface area contributed by atoms with Crippen molar-refractivity contribution in [1.29, 1.82) is 0 Å². The Balaban J connectivity index is 1.90. The van der Waals surface area contributed by atoms with E-state index in [1.54, 1.807) is 17.3 Å². The number of Topliss-reactive ketones (excluding diaryl/α,β-unsaturated/α-hetero) is 1. The van der Waals surface area contributed by atoms with Gasteiger partial charge in [-0.25, -0.2) is 0 Å². The van der Waals surface area contributed by atoms with Gasteiger partial charge < -0.3 is 0 Å². The lowest BCUT2D eigenvalue weighted by molar-refractivity contribution is -0.121. The van der Waals surface area contributed by atoms with Crippen molar-refractivity contribution in [3.8, 4) is 0 Å². The Labute approximate surface area is 153 Å². The second-order valence-electron chi connectivity index (χ2n) is 7.90. The number of nitrogens with zero attached hydrogens (tertiary/aromatic N) is 2. The first kappa shape index (κ1) is 16.7. The molecular weight excluding hydrogens is 324 g/mol. The van der Waals surface area contributed by atoms with Gasteiger partial charge in [-0.3, -0.25) is 19.5 Å². The van der Waals surface area contributed by atoms with Crippen LogP contribution in [0.25, 0.3) is 0 Å². The number of rotatable bonds is 2. The van der Waals surface area contributed by atoms with Crippen LogP contribution in [0.2, 0.25) is 0 Å². The molecule has 2 heterocycles. The Bertz CT molecular complexity index is 885. The number of carbonyl (C=O) groups excluding carboxylic acids is 2. The van der Waals surface area contributed by atoms with Crippen LogP contribution in [0.5, 0.6) is 0 Å². The van der Waals surface area contributed by atoms with E-state index in [4.69, 9.17) is 0 Å². The molecule has 1 unspecified atom stereocenters. The number of pyridine rings is 1. The maximum Gasteiger partial charge on any atom is 0.232 e. The minimum absolute atomic E-state index is 0.0438. The molecule has 1 amide bonds. The van der Waals surface area contributed by atoms with Gasteiger partial charge in [0.05, 0.1) is 0 Å². The largest absolute Gasteiger partial charge is 0.294 e. The first-order valence-corrected chi connectivity index (χ1v) is 9.00.